The van der Waals surface area contributed by atoms with Gasteiger partial charge < -0.3 is 10.2 Å². The molecule has 0 heterocycles. The minimum absolute atomic E-state index is 0.0354. The zero-order valence-electron chi connectivity index (χ0n) is 20.6. The normalized spacial score (nSPS) is 12.4. The van der Waals surface area contributed by atoms with Gasteiger partial charge in [-0.05, 0) is 75.1 Å². The summed E-state index contributed by atoms with van der Waals surface area (Å²) in [6, 6.07) is 9.87. The lowest BCUT2D eigenvalue weighted by molar-refractivity contribution is -0.140. The Morgan fingerprint density at radius 3 is 2.15 bits per heavy atom. The number of halogens is 1. The molecule has 0 unspecified atom stereocenters. The van der Waals surface area contributed by atoms with Crippen molar-refractivity contribution in [3.63, 3.8) is 0 Å². The Bertz CT molecular complexity index is 1120. The van der Waals surface area contributed by atoms with E-state index >= 15 is 0 Å². The van der Waals surface area contributed by atoms with Crippen LogP contribution in [-0.4, -0.2) is 50.0 Å². The third-order valence-electron chi connectivity index (χ3n) is 5.54. The van der Waals surface area contributed by atoms with Crippen molar-refractivity contribution in [3.8, 4) is 0 Å². The van der Waals surface area contributed by atoms with Gasteiger partial charge in [0.15, 0.2) is 0 Å². The van der Waals surface area contributed by atoms with Crippen LogP contribution in [0.4, 0.5) is 10.1 Å². The molecule has 1 N–H and O–H groups in total. The number of hydrogen-bond donors (Lipinski definition) is 1. The Balaban J connectivity index is 2.45. The second kappa shape index (κ2) is 11.5. The van der Waals surface area contributed by atoms with Crippen molar-refractivity contribution in [2.45, 2.75) is 59.7 Å². The molecular formula is C25H34FN3O4S. The Morgan fingerprint density at radius 2 is 1.65 bits per heavy atom. The van der Waals surface area contributed by atoms with E-state index in [9.17, 15) is 22.4 Å². The maximum Gasteiger partial charge on any atom is 0.244 e. The predicted molar refractivity (Wildman–Crippen MR) is 132 cm³/mol. The molecule has 1 atom stereocenters. The van der Waals surface area contributed by atoms with Crippen molar-refractivity contribution in [1.29, 1.82) is 0 Å². The molecular weight excluding hydrogens is 457 g/mol. The standard InChI is InChI=1S/C25H34FN3O4S/c1-7-23(25(31)27-17(2)3)28(15-20-9-11-21(26)12-10-20)24(30)16-29(34(6,32)33)22-13-8-18(4)19(5)14-22/h8-14,17,23H,7,15-16H2,1-6H3,(H,27,31)/t23-/m0/s1. The van der Waals surface area contributed by atoms with Crippen LogP contribution in [0.25, 0.3) is 0 Å². The van der Waals surface area contributed by atoms with E-state index in [0.29, 0.717) is 17.7 Å². The van der Waals surface area contributed by atoms with E-state index in [4.69, 9.17) is 0 Å². The Morgan fingerprint density at radius 1 is 1.03 bits per heavy atom. The highest BCUT2D eigenvalue weighted by Crippen LogP contribution is 2.22. The maximum absolute atomic E-state index is 13.6. The van der Waals surface area contributed by atoms with E-state index in [1.165, 1.54) is 17.0 Å². The van der Waals surface area contributed by atoms with E-state index in [1.807, 2.05) is 27.7 Å². The highest BCUT2D eigenvalue weighted by Gasteiger charge is 2.32. The third kappa shape index (κ3) is 7.28. The second-order valence-electron chi connectivity index (χ2n) is 8.77. The molecule has 0 saturated carbocycles. The number of amides is 2. The summed E-state index contributed by atoms with van der Waals surface area (Å²) < 4.78 is 39.7. The number of benzene rings is 2. The molecule has 0 fully saturated rings. The van der Waals surface area contributed by atoms with Gasteiger partial charge in [0.2, 0.25) is 21.8 Å². The molecule has 0 aliphatic heterocycles. The lowest BCUT2D eigenvalue weighted by Crippen LogP contribution is -2.53. The molecule has 2 rings (SSSR count). The van der Waals surface area contributed by atoms with Gasteiger partial charge in [0.05, 0.1) is 11.9 Å². The van der Waals surface area contributed by atoms with Crippen LogP contribution in [0.1, 0.15) is 43.9 Å². The smallest absolute Gasteiger partial charge is 0.244 e. The van der Waals surface area contributed by atoms with Gasteiger partial charge in [-0.3, -0.25) is 13.9 Å². The van der Waals surface area contributed by atoms with Crippen molar-refractivity contribution >= 4 is 27.5 Å². The van der Waals surface area contributed by atoms with Gasteiger partial charge >= 0.3 is 0 Å². The van der Waals surface area contributed by atoms with Gasteiger partial charge in [0.1, 0.15) is 18.4 Å². The minimum atomic E-state index is -3.79. The molecule has 0 aliphatic carbocycles. The van der Waals surface area contributed by atoms with Crippen molar-refractivity contribution in [2.24, 2.45) is 0 Å². The molecule has 0 bridgehead atoms. The fourth-order valence-electron chi connectivity index (χ4n) is 3.58. The number of nitrogens with one attached hydrogen (secondary N) is 1. The molecule has 0 aromatic heterocycles. The number of aryl methyl sites for hydroxylation is 2. The summed E-state index contributed by atoms with van der Waals surface area (Å²) >= 11 is 0. The van der Waals surface area contributed by atoms with Gasteiger partial charge in [0.25, 0.3) is 0 Å². The molecule has 9 heteroatoms. The maximum atomic E-state index is 13.6. The average Bonchev–Trinajstić information content (AvgIpc) is 2.74. The molecule has 2 amide bonds. The fraction of sp³-hybridized carbons (Fsp3) is 0.440. The Kier molecular flexibility index (Phi) is 9.21. The van der Waals surface area contributed by atoms with Gasteiger partial charge in [-0.2, -0.15) is 0 Å². The number of carbonyl (C=O) groups is 2. The van der Waals surface area contributed by atoms with Crippen molar-refractivity contribution in [1.82, 2.24) is 10.2 Å². The number of anilines is 1. The number of sulfonamides is 1. The topological polar surface area (TPSA) is 86.8 Å². The van der Waals surface area contributed by atoms with Crippen LogP contribution in [0.15, 0.2) is 42.5 Å². The van der Waals surface area contributed by atoms with Crippen molar-refractivity contribution < 1.29 is 22.4 Å². The van der Waals surface area contributed by atoms with Gasteiger partial charge in [-0.15, -0.1) is 0 Å². The molecule has 0 aliphatic rings. The van der Waals surface area contributed by atoms with Crippen LogP contribution in [0.3, 0.4) is 0 Å². The predicted octanol–water partition coefficient (Wildman–Crippen LogP) is 3.54. The zero-order valence-corrected chi connectivity index (χ0v) is 21.4. The summed E-state index contributed by atoms with van der Waals surface area (Å²) in [4.78, 5) is 27.8. The molecule has 7 nitrogen and oxygen atoms in total. The Labute approximate surface area is 202 Å². The number of carbonyl (C=O) groups excluding carboxylic acids is 2. The summed E-state index contributed by atoms with van der Waals surface area (Å²) in [5, 5.41) is 2.83. The van der Waals surface area contributed by atoms with Crippen molar-refractivity contribution in [3.05, 3.63) is 65.0 Å². The summed E-state index contributed by atoms with van der Waals surface area (Å²) in [5.74, 6) is -1.27. The van der Waals surface area contributed by atoms with E-state index in [-0.39, 0.29) is 18.5 Å². The first-order valence-electron chi connectivity index (χ1n) is 11.2. The average molecular weight is 492 g/mol. The third-order valence-corrected chi connectivity index (χ3v) is 6.68. The molecule has 0 radical (unpaired) electrons. The van der Waals surface area contributed by atoms with Crippen molar-refractivity contribution in [2.75, 3.05) is 17.1 Å². The molecule has 2 aromatic rings. The highest BCUT2D eigenvalue weighted by atomic mass is 32.2. The number of nitrogens with zero attached hydrogens (tertiary/aromatic N) is 2. The first-order chi connectivity index (χ1) is 15.8. The van der Waals surface area contributed by atoms with Crippen LogP contribution in [-0.2, 0) is 26.2 Å². The highest BCUT2D eigenvalue weighted by molar-refractivity contribution is 7.92. The summed E-state index contributed by atoms with van der Waals surface area (Å²) in [6.45, 7) is 8.78. The van der Waals surface area contributed by atoms with Crippen LogP contribution >= 0.6 is 0 Å². The molecule has 0 spiro atoms. The van der Waals surface area contributed by atoms with Crippen LogP contribution in [0.2, 0.25) is 0 Å². The van der Waals surface area contributed by atoms with Gasteiger partial charge in [-0.1, -0.05) is 25.1 Å². The molecule has 0 saturated heterocycles. The fourth-order valence-corrected chi connectivity index (χ4v) is 4.42. The first kappa shape index (κ1) is 27.3. The second-order valence-corrected chi connectivity index (χ2v) is 10.7. The van der Waals surface area contributed by atoms with E-state index in [2.05, 4.69) is 5.32 Å². The van der Waals surface area contributed by atoms with E-state index < -0.39 is 34.3 Å². The number of hydrogen-bond acceptors (Lipinski definition) is 4. The minimum Gasteiger partial charge on any atom is -0.352 e. The molecule has 186 valence electrons. The Hall–Kier alpha value is -2.94. The zero-order chi connectivity index (χ0) is 25.6. The molecule has 2 aromatic carbocycles. The molecule has 34 heavy (non-hydrogen) atoms. The first-order valence-corrected chi connectivity index (χ1v) is 13.1. The summed E-state index contributed by atoms with van der Waals surface area (Å²) in [6.07, 6.45) is 1.37. The lowest BCUT2D eigenvalue weighted by Gasteiger charge is -2.33. The summed E-state index contributed by atoms with van der Waals surface area (Å²) in [7, 11) is -3.79. The largest absolute Gasteiger partial charge is 0.352 e. The van der Waals surface area contributed by atoms with Gasteiger partial charge in [-0.25, -0.2) is 12.8 Å². The number of rotatable bonds is 10. The van der Waals surface area contributed by atoms with Gasteiger partial charge in [0, 0.05) is 12.6 Å². The van der Waals surface area contributed by atoms with Crippen LogP contribution in [0.5, 0.6) is 0 Å². The van der Waals surface area contributed by atoms with Crippen LogP contribution < -0.4 is 9.62 Å². The quantitative estimate of drug-likeness (QED) is 0.551. The van der Waals surface area contributed by atoms with E-state index in [0.717, 1.165) is 21.7 Å². The van der Waals surface area contributed by atoms with E-state index in [1.54, 1.807) is 37.3 Å². The SMILES string of the molecule is CC[C@@H](C(=O)NC(C)C)N(Cc1ccc(F)cc1)C(=O)CN(c1ccc(C)c(C)c1)S(C)(=O)=O. The van der Waals surface area contributed by atoms with Crippen LogP contribution in [0, 0.1) is 19.7 Å². The summed E-state index contributed by atoms with van der Waals surface area (Å²) in [5.41, 5.74) is 2.89. The lowest BCUT2D eigenvalue weighted by atomic mass is 10.1. The monoisotopic (exact) mass is 491 g/mol.